The molecule has 0 radical (unpaired) electrons. The minimum absolute atomic E-state index is 0.228. The number of aromatic carboxylic acids is 1. The number of morpholine rings is 1. The fraction of sp³-hybridized carbons (Fsp3) is 0.533. The van der Waals surface area contributed by atoms with Gasteiger partial charge >= 0.3 is 5.97 Å². The molecule has 1 aromatic carbocycles. The summed E-state index contributed by atoms with van der Waals surface area (Å²) >= 11 is 6.25. The summed E-state index contributed by atoms with van der Waals surface area (Å²) in [6, 6.07) is 4.96. The lowest BCUT2D eigenvalue weighted by Crippen LogP contribution is -2.57. The number of anilines is 1. The van der Waals surface area contributed by atoms with E-state index in [0.717, 1.165) is 0 Å². The molecule has 1 saturated heterocycles. The number of hydrogen-bond acceptors (Lipinski definition) is 3. The van der Waals surface area contributed by atoms with Crippen molar-refractivity contribution in [2.45, 2.75) is 38.9 Å². The molecular weight excluding hydrogens is 278 g/mol. The normalized spacial score (nSPS) is 20.8. The Bertz CT molecular complexity index is 524. The molecule has 1 aliphatic heterocycles. The molecular formula is C15H20ClNO3. The van der Waals surface area contributed by atoms with Gasteiger partial charge in [0.2, 0.25) is 0 Å². The van der Waals surface area contributed by atoms with E-state index in [2.05, 4.69) is 0 Å². The van der Waals surface area contributed by atoms with Crippen LogP contribution in [-0.2, 0) is 4.74 Å². The fourth-order valence-electron chi connectivity index (χ4n) is 2.96. The van der Waals surface area contributed by atoms with E-state index >= 15 is 0 Å². The van der Waals surface area contributed by atoms with Crippen LogP contribution in [0.5, 0.6) is 0 Å². The molecule has 0 aromatic heterocycles. The molecule has 5 heteroatoms. The lowest BCUT2D eigenvalue weighted by Gasteiger charge is -2.48. The quantitative estimate of drug-likeness (QED) is 0.908. The Morgan fingerprint density at radius 1 is 1.25 bits per heavy atom. The Balaban J connectivity index is 2.48. The maximum atomic E-state index is 11.4. The number of benzene rings is 1. The van der Waals surface area contributed by atoms with Gasteiger partial charge in [-0.15, -0.1) is 0 Å². The summed E-state index contributed by atoms with van der Waals surface area (Å²) in [6.45, 7) is 9.19. The van der Waals surface area contributed by atoms with Gasteiger partial charge in [0.1, 0.15) is 0 Å². The number of carbonyl (C=O) groups is 1. The average molecular weight is 298 g/mol. The lowest BCUT2D eigenvalue weighted by atomic mass is 9.97. The molecule has 110 valence electrons. The zero-order valence-electron chi connectivity index (χ0n) is 12.2. The lowest BCUT2D eigenvalue weighted by molar-refractivity contribution is -0.133. The molecule has 0 unspecified atom stereocenters. The van der Waals surface area contributed by atoms with Gasteiger partial charge in [-0.3, -0.25) is 0 Å². The zero-order chi connectivity index (χ0) is 15.1. The molecule has 2 rings (SSSR count). The van der Waals surface area contributed by atoms with E-state index in [4.69, 9.17) is 16.3 Å². The van der Waals surface area contributed by atoms with Gasteiger partial charge in [-0.1, -0.05) is 17.7 Å². The molecule has 0 bridgehead atoms. The van der Waals surface area contributed by atoms with E-state index in [0.29, 0.717) is 23.8 Å². The van der Waals surface area contributed by atoms with E-state index in [1.54, 1.807) is 18.2 Å². The largest absolute Gasteiger partial charge is 0.478 e. The van der Waals surface area contributed by atoms with Crippen molar-refractivity contribution in [1.82, 2.24) is 0 Å². The van der Waals surface area contributed by atoms with Gasteiger partial charge in [0.15, 0.2) is 0 Å². The van der Waals surface area contributed by atoms with Crippen LogP contribution in [0, 0.1) is 0 Å². The topological polar surface area (TPSA) is 49.8 Å². The molecule has 0 spiro atoms. The SMILES string of the molecule is CC1(C)CN(c2c(Cl)cccc2C(=O)O)CC(C)(C)O1. The highest BCUT2D eigenvalue weighted by Gasteiger charge is 2.39. The number of hydrogen-bond donors (Lipinski definition) is 1. The number of rotatable bonds is 2. The Kier molecular flexibility index (Phi) is 3.73. The van der Waals surface area contributed by atoms with Crippen LogP contribution in [0.4, 0.5) is 5.69 Å². The van der Waals surface area contributed by atoms with Gasteiger partial charge in [0.25, 0.3) is 0 Å². The van der Waals surface area contributed by atoms with Crippen molar-refractivity contribution in [3.05, 3.63) is 28.8 Å². The van der Waals surface area contributed by atoms with Crippen molar-refractivity contribution in [2.75, 3.05) is 18.0 Å². The Hall–Kier alpha value is -1.26. The van der Waals surface area contributed by atoms with Crippen LogP contribution < -0.4 is 4.90 Å². The van der Waals surface area contributed by atoms with E-state index in [1.165, 1.54) is 0 Å². The molecule has 0 saturated carbocycles. The van der Waals surface area contributed by atoms with E-state index in [1.807, 2.05) is 32.6 Å². The van der Waals surface area contributed by atoms with Crippen molar-refractivity contribution >= 4 is 23.3 Å². The van der Waals surface area contributed by atoms with Crippen LogP contribution in [0.1, 0.15) is 38.1 Å². The maximum Gasteiger partial charge on any atom is 0.337 e. The number of halogens is 1. The van der Waals surface area contributed by atoms with Gasteiger partial charge < -0.3 is 14.7 Å². The molecule has 1 fully saturated rings. The van der Waals surface area contributed by atoms with E-state index in [9.17, 15) is 9.90 Å². The molecule has 1 aromatic rings. The summed E-state index contributed by atoms with van der Waals surface area (Å²) in [6.07, 6.45) is 0. The molecule has 4 nitrogen and oxygen atoms in total. The summed E-state index contributed by atoms with van der Waals surface area (Å²) in [5.74, 6) is -0.968. The first-order valence-electron chi connectivity index (χ1n) is 6.58. The third kappa shape index (κ3) is 3.07. The van der Waals surface area contributed by atoms with Crippen LogP contribution in [-0.4, -0.2) is 35.4 Å². The fourth-order valence-corrected chi connectivity index (χ4v) is 3.25. The van der Waals surface area contributed by atoms with Crippen molar-refractivity contribution in [1.29, 1.82) is 0 Å². The smallest absolute Gasteiger partial charge is 0.337 e. The van der Waals surface area contributed by atoms with Crippen LogP contribution in [0.15, 0.2) is 18.2 Å². The summed E-state index contributed by atoms with van der Waals surface area (Å²) in [5, 5.41) is 9.82. The van der Waals surface area contributed by atoms with Gasteiger partial charge in [-0.2, -0.15) is 0 Å². The highest BCUT2D eigenvalue weighted by Crippen LogP contribution is 2.36. The van der Waals surface area contributed by atoms with Gasteiger partial charge in [0, 0.05) is 13.1 Å². The first-order chi connectivity index (χ1) is 9.11. The molecule has 1 aliphatic rings. The van der Waals surface area contributed by atoms with Crippen molar-refractivity contribution in [3.8, 4) is 0 Å². The standard InChI is InChI=1S/C15H20ClNO3/c1-14(2)8-17(9-15(3,4)20-14)12-10(13(18)19)6-5-7-11(12)16/h5-7H,8-9H2,1-4H3,(H,18,19). The molecule has 0 atom stereocenters. The monoisotopic (exact) mass is 297 g/mol. The predicted octanol–water partition coefficient (Wildman–Crippen LogP) is 3.43. The number of carboxylic acid groups (broad SMARTS) is 1. The Labute approximate surface area is 124 Å². The Morgan fingerprint density at radius 2 is 1.80 bits per heavy atom. The second-order valence-electron chi connectivity index (χ2n) is 6.42. The summed E-state index contributed by atoms with van der Waals surface area (Å²) in [5.41, 5.74) is 0.0741. The third-order valence-electron chi connectivity index (χ3n) is 3.23. The second kappa shape index (κ2) is 4.93. The number of para-hydroxylation sites is 1. The second-order valence-corrected chi connectivity index (χ2v) is 6.83. The summed E-state index contributed by atoms with van der Waals surface area (Å²) in [4.78, 5) is 13.4. The molecule has 0 aliphatic carbocycles. The highest BCUT2D eigenvalue weighted by molar-refractivity contribution is 6.34. The van der Waals surface area contributed by atoms with Crippen LogP contribution in [0.2, 0.25) is 5.02 Å². The van der Waals surface area contributed by atoms with Gasteiger partial charge in [-0.25, -0.2) is 4.79 Å². The first kappa shape index (κ1) is 15.1. The predicted molar refractivity (Wildman–Crippen MR) is 79.9 cm³/mol. The van der Waals surface area contributed by atoms with Gasteiger partial charge in [-0.05, 0) is 39.8 Å². The minimum atomic E-state index is -0.968. The molecule has 20 heavy (non-hydrogen) atoms. The minimum Gasteiger partial charge on any atom is -0.478 e. The number of nitrogens with zero attached hydrogens (tertiary/aromatic N) is 1. The molecule has 0 amide bonds. The maximum absolute atomic E-state index is 11.4. The van der Waals surface area contributed by atoms with Crippen molar-refractivity contribution in [3.63, 3.8) is 0 Å². The molecule has 1 N–H and O–H groups in total. The third-order valence-corrected chi connectivity index (χ3v) is 3.53. The van der Waals surface area contributed by atoms with Crippen LogP contribution >= 0.6 is 11.6 Å². The molecule has 1 heterocycles. The van der Waals surface area contributed by atoms with E-state index < -0.39 is 5.97 Å². The van der Waals surface area contributed by atoms with Crippen molar-refractivity contribution < 1.29 is 14.6 Å². The number of ether oxygens (including phenoxy) is 1. The van der Waals surface area contributed by atoms with E-state index in [-0.39, 0.29) is 16.8 Å². The zero-order valence-corrected chi connectivity index (χ0v) is 13.0. The number of carboxylic acids is 1. The van der Waals surface area contributed by atoms with Crippen LogP contribution in [0.25, 0.3) is 0 Å². The highest BCUT2D eigenvalue weighted by atomic mass is 35.5. The first-order valence-corrected chi connectivity index (χ1v) is 6.96. The average Bonchev–Trinajstić information content (AvgIpc) is 2.23. The van der Waals surface area contributed by atoms with Gasteiger partial charge in [0.05, 0.1) is 27.5 Å². The van der Waals surface area contributed by atoms with Crippen molar-refractivity contribution in [2.24, 2.45) is 0 Å². The Morgan fingerprint density at radius 3 is 2.30 bits per heavy atom. The van der Waals surface area contributed by atoms with Crippen LogP contribution in [0.3, 0.4) is 0 Å². The summed E-state index contributed by atoms with van der Waals surface area (Å²) < 4.78 is 6.02. The summed E-state index contributed by atoms with van der Waals surface area (Å²) in [7, 11) is 0.